The Morgan fingerprint density at radius 1 is 1.19 bits per heavy atom. The molecule has 0 amide bonds. The summed E-state index contributed by atoms with van der Waals surface area (Å²) in [7, 11) is 0. The summed E-state index contributed by atoms with van der Waals surface area (Å²) in [5, 5.41) is 11.8. The first-order valence-electron chi connectivity index (χ1n) is 5.85. The number of tetrazole rings is 1. The Morgan fingerprint density at radius 3 is 2.76 bits per heavy atom. The van der Waals surface area contributed by atoms with Crippen LogP contribution in [-0.4, -0.2) is 20.2 Å². The highest BCUT2D eigenvalue weighted by atomic mass is 79.9. The molecule has 0 spiro atoms. The van der Waals surface area contributed by atoms with Gasteiger partial charge in [0.1, 0.15) is 5.82 Å². The minimum absolute atomic E-state index is 0.207. The third-order valence-corrected chi connectivity index (χ3v) is 3.63. The second-order valence-electron chi connectivity index (χ2n) is 4.25. The first-order valence-corrected chi connectivity index (χ1v) is 7.02. The van der Waals surface area contributed by atoms with Crippen molar-refractivity contribution >= 4 is 33.2 Å². The fourth-order valence-electron chi connectivity index (χ4n) is 1.88. The molecular formula is C13H8BrClFN5. The van der Waals surface area contributed by atoms with Crippen molar-refractivity contribution in [1.82, 2.24) is 20.2 Å². The van der Waals surface area contributed by atoms with Crippen LogP contribution in [-0.2, 0) is 0 Å². The van der Waals surface area contributed by atoms with E-state index in [1.165, 1.54) is 22.9 Å². The number of nitrogens with zero attached hydrogens (tertiary/aromatic N) is 4. The molecule has 21 heavy (non-hydrogen) atoms. The van der Waals surface area contributed by atoms with E-state index >= 15 is 0 Å². The number of hydrogen-bond donors (Lipinski definition) is 1. The fraction of sp³-hybridized carbons (Fsp3) is 0. The van der Waals surface area contributed by atoms with Crippen LogP contribution in [0.5, 0.6) is 0 Å². The van der Waals surface area contributed by atoms with Crippen molar-refractivity contribution in [2.75, 3.05) is 5.73 Å². The molecule has 106 valence electrons. The number of benzene rings is 2. The van der Waals surface area contributed by atoms with Crippen molar-refractivity contribution in [2.45, 2.75) is 0 Å². The zero-order chi connectivity index (χ0) is 15.0. The van der Waals surface area contributed by atoms with Gasteiger partial charge in [0.15, 0.2) is 5.82 Å². The highest BCUT2D eigenvalue weighted by molar-refractivity contribution is 9.10. The van der Waals surface area contributed by atoms with Gasteiger partial charge in [0.2, 0.25) is 0 Å². The van der Waals surface area contributed by atoms with Gasteiger partial charge in [-0.25, -0.2) is 4.39 Å². The van der Waals surface area contributed by atoms with E-state index in [0.717, 1.165) is 4.47 Å². The lowest BCUT2D eigenvalue weighted by Crippen LogP contribution is -2.02. The number of rotatable bonds is 2. The van der Waals surface area contributed by atoms with E-state index in [2.05, 4.69) is 31.5 Å². The van der Waals surface area contributed by atoms with Gasteiger partial charge in [-0.15, -0.1) is 5.10 Å². The van der Waals surface area contributed by atoms with E-state index in [4.69, 9.17) is 17.3 Å². The van der Waals surface area contributed by atoms with Crippen LogP contribution in [0.1, 0.15) is 0 Å². The third-order valence-electron chi connectivity index (χ3n) is 2.84. The number of anilines is 1. The van der Waals surface area contributed by atoms with Crippen molar-refractivity contribution in [3.8, 4) is 17.1 Å². The Balaban J connectivity index is 2.19. The van der Waals surface area contributed by atoms with E-state index < -0.39 is 5.82 Å². The highest BCUT2D eigenvalue weighted by Gasteiger charge is 2.17. The second-order valence-corrected chi connectivity index (χ2v) is 5.57. The van der Waals surface area contributed by atoms with Crippen molar-refractivity contribution in [2.24, 2.45) is 0 Å². The van der Waals surface area contributed by atoms with Crippen LogP contribution in [0.4, 0.5) is 10.1 Å². The standard InChI is InChI=1S/C13H8BrClFN5/c14-7-1-4-12(10(15)5-7)21-13(18-19-20-21)9-6-8(17)2-3-11(9)16/h1-6H,17H2. The molecule has 2 N–H and O–H groups in total. The maximum absolute atomic E-state index is 14.0. The van der Waals surface area contributed by atoms with E-state index in [1.807, 2.05) is 0 Å². The second kappa shape index (κ2) is 5.42. The van der Waals surface area contributed by atoms with Crippen LogP contribution in [0, 0.1) is 5.82 Å². The lowest BCUT2D eigenvalue weighted by Gasteiger charge is -2.08. The molecule has 2 aromatic carbocycles. The van der Waals surface area contributed by atoms with Gasteiger partial charge in [-0.1, -0.05) is 27.5 Å². The summed E-state index contributed by atoms with van der Waals surface area (Å²) >= 11 is 9.51. The Morgan fingerprint density at radius 2 is 2.00 bits per heavy atom. The van der Waals surface area contributed by atoms with Crippen LogP contribution < -0.4 is 5.73 Å². The molecular weight excluding hydrogens is 361 g/mol. The van der Waals surface area contributed by atoms with Crippen LogP contribution >= 0.6 is 27.5 Å². The van der Waals surface area contributed by atoms with E-state index in [0.29, 0.717) is 16.4 Å². The van der Waals surface area contributed by atoms with Gasteiger partial charge < -0.3 is 5.73 Å². The summed E-state index contributed by atoms with van der Waals surface area (Å²) in [5.74, 6) is -0.238. The predicted octanol–water partition coefficient (Wildman–Crippen LogP) is 3.47. The number of nitrogens with two attached hydrogens (primary N) is 1. The number of nitrogen functional groups attached to an aromatic ring is 1. The molecule has 1 aromatic heterocycles. The summed E-state index contributed by atoms with van der Waals surface area (Å²) in [6.07, 6.45) is 0. The third kappa shape index (κ3) is 2.62. The summed E-state index contributed by atoms with van der Waals surface area (Å²) in [6.45, 7) is 0. The maximum atomic E-state index is 14.0. The topological polar surface area (TPSA) is 69.6 Å². The number of aromatic nitrogens is 4. The van der Waals surface area contributed by atoms with Crippen molar-refractivity contribution in [3.05, 3.63) is 51.7 Å². The van der Waals surface area contributed by atoms with E-state index in [9.17, 15) is 4.39 Å². The van der Waals surface area contributed by atoms with Gasteiger partial charge >= 0.3 is 0 Å². The fourth-order valence-corrected chi connectivity index (χ4v) is 2.64. The smallest absolute Gasteiger partial charge is 0.190 e. The molecule has 0 fully saturated rings. The molecule has 0 saturated heterocycles. The van der Waals surface area contributed by atoms with Crippen LogP contribution in [0.25, 0.3) is 17.1 Å². The lowest BCUT2D eigenvalue weighted by atomic mass is 10.1. The first-order chi connectivity index (χ1) is 10.1. The van der Waals surface area contributed by atoms with Gasteiger partial charge in [0.25, 0.3) is 0 Å². The van der Waals surface area contributed by atoms with Crippen LogP contribution in [0.3, 0.4) is 0 Å². The summed E-state index contributed by atoms with van der Waals surface area (Å²) < 4.78 is 16.2. The normalized spacial score (nSPS) is 10.8. The average Bonchev–Trinajstić information content (AvgIpc) is 2.90. The molecule has 0 saturated carbocycles. The minimum atomic E-state index is -0.464. The SMILES string of the molecule is Nc1ccc(F)c(-c2nnnn2-c2ccc(Br)cc2Cl)c1. The Labute approximate surface area is 132 Å². The summed E-state index contributed by atoms with van der Waals surface area (Å²) in [4.78, 5) is 0. The summed E-state index contributed by atoms with van der Waals surface area (Å²) in [5.41, 5.74) is 6.87. The molecule has 8 heteroatoms. The predicted molar refractivity (Wildman–Crippen MR) is 81.7 cm³/mol. The Kier molecular flexibility index (Phi) is 3.60. The molecule has 5 nitrogen and oxygen atoms in total. The van der Waals surface area contributed by atoms with Gasteiger partial charge in [-0.05, 0) is 46.8 Å². The van der Waals surface area contributed by atoms with E-state index in [-0.39, 0.29) is 11.4 Å². The molecule has 3 rings (SSSR count). The molecule has 0 aliphatic heterocycles. The Bertz CT molecular complexity index is 820. The highest BCUT2D eigenvalue weighted by Crippen LogP contribution is 2.29. The number of hydrogen-bond acceptors (Lipinski definition) is 4. The maximum Gasteiger partial charge on any atom is 0.190 e. The monoisotopic (exact) mass is 367 g/mol. The minimum Gasteiger partial charge on any atom is -0.399 e. The molecule has 1 heterocycles. The zero-order valence-electron chi connectivity index (χ0n) is 10.5. The molecule has 0 aliphatic carbocycles. The largest absolute Gasteiger partial charge is 0.399 e. The quantitative estimate of drug-likeness (QED) is 0.703. The van der Waals surface area contributed by atoms with Crippen molar-refractivity contribution in [1.29, 1.82) is 0 Å². The van der Waals surface area contributed by atoms with Gasteiger partial charge in [-0.2, -0.15) is 4.68 Å². The number of halogens is 3. The average molecular weight is 369 g/mol. The molecule has 3 aromatic rings. The van der Waals surface area contributed by atoms with Crippen molar-refractivity contribution < 1.29 is 4.39 Å². The van der Waals surface area contributed by atoms with E-state index in [1.54, 1.807) is 18.2 Å². The summed E-state index contributed by atoms with van der Waals surface area (Å²) in [6, 6.07) is 9.45. The van der Waals surface area contributed by atoms with Gasteiger partial charge in [-0.3, -0.25) is 0 Å². The lowest BCUT2D eigenvalue weighted by molar-refractivity contribution is 0.629. The Hall–Kier alpha value is -1.99. The molecule has 0 aliphatic rings. The molecule has 0 unspecified atom stereocenters. The van der Waals surface area contributed by atoms with Crippen molar-refractivity contribution in [3.63, 3.8) is 0 Å². The molecule has 0 atom stereocenters. The van der Waals surface area contributed by atoms with Gasteiger partial charge in [0.05, 0.1) is 16.3 Å². The van der Waals surface area contributed by atoms with Crippen LogP contribution in [0.15, 0.2) is 40.9 Å². The zero-order valence-corrected chi connectivity index (χ0v) is 12.8. The molecule has 0 radical (unpaired) electrons. The molecule has 0 bridgehead atoms. The van der Waals surface area contributed by atoms with Gasteiger partial charge in [0, 0.05) is 10.2 Å². The van der Waals surface area contributed by atoms with Crippen LogP contribution in [0.2, 0.25) is 5.02 Å². The first kappa shape index (κ1) is 14.0.